The van der Waals surface area contributed by atoms with Crippen LogP contribution in [0.1, 0.15) is 32.6 Å². The molecule has 22 heavy (non-hydrogen) atoms. The first-order valence-corrected chi connectivity index (χ1v) is 8.25. The lowest BCUT2D eigenvalue weighted by atomic mass is 9.88. The molecule has 2 rings (SSSR count). The number of hydrogen-bond acceptors (Lipinski definition) is 3. The second-order valence-corrected chi connectivity index (χ2v) is 6.09. The minimum atomic E-state index is -0.0625. The SMILES string of the molecule is CC1CCCCC1OCCNC(=O)N(C)CCn1cccn1. The van der Waals surface area contributed by atoms with Gasteiger partial charge in [0.05, 0.1) is 19.3 Å². The maximum atomic E-state index is 11.9. The smallest absolute Gasteiger partial charge is 0.317 e. The molecule has 1 fully saturated rings. The van der Waals surface area contributed by atoms with Gasteiger partial charge in [-0.2, -0.15) is 5.10 Å². The lowest BCUT2D eigenvalue weighted by Crippen LogP contribution is -2.41. The van der Waals surface area contributed by atoms with Crippen LogP contribution in [0.25, 0.3) is 0 Å². The van der Waals surface area contributed by atoms with Crippen LogP contribution in [-0.4, -0.2) is 53.6 Å². The average molecular weight is 308 g/mol. The number of carbonyl (C=O) groups excluding carboxylic acids is 1. The Balaban J connectivity index is 1.56. The van der Waals surface area contributed by atoms with Crippen LogP contribution in [0, 0.1) is 5.92 Å². The van der Waals surface area contributed by atoms with Crippen molar-refractivity contribution < 1.29 is 9.53 Å². The molecule has 1 aromatic heterocycles. The zero-order valence-electron chi connectivity index (χ0n) is 13.7. The Morgan fingerprint density at radius 2 is 2.27 bits per heavy atom. The van der Waals surface area contributed by atoms with E-state index in [1.165, 1.54) is 19.3 Å². The van der Waals surface area contributed by atoms with Gasteiger partial charge in [0.1, 0.15) is 0 Å². The molecule has 0 saturated heterocycles. The minimum Gasteiger partial charge on any atom is -0.376 e. The first-order valence-electron chi connectivity index (χ1n) is 8.25. The van der Waals surface area contributed by atoms with Crippen LogP contribution in [0.2, 0.25) is 0 Å². The van der Waals surface area contributed by atoms with Gasteiger partial charge in [0.25, 0.3) is 0 Å². The van der Waals surface area contributed by atoms with Crippen molar-refractivity contribution in [3.8, 4) is 0 Å². The van der Waals surface area contributed by atoms with Crippen LogP contribution in [0.5, 0.6) is 0 Å². The number of nitrogens with one attached hydrogen (secondary N) is 1. The van der Waals surface area contributed by atoms with Gasteiger partial charge < -0.3 is 15.0 Å². The number of likely N-dealkylation sites (N-methyl/N-ethyl adjacent to an activating group) is 1. The maximum Gasteiger partial charge on any atom is 0.317 e. The zero-order chi connectivity index (χ0) is 15.8. The summed E-state index contributed by atoms with van der Waals surface area (Å²) < 4.78 is 7.71. The minimum absolute atomic E-state index is 0.0625. The second-order valence-electron chi connectivity index (χ2n) is 6.09. The van der Waals surface area contributed by atoms with E-state index in [9.17, 15) is 4.79 Å². The van der Waals surface area contributed by atoms with Gasteiger partial charge in [-0.15, -0.1) is 0 Å². The molecule has 124 valence electrons. The summed E-state index contributed by atoms with van der Waals surface area (Å²) in [5.74, 6) is 0.640. The summed E-state index contributed by atoms with van der Waals surface area (Å²) in [6, 6.07) is 1.82. The van der Waals surface area contributed by atoms with E-state index in [-0.39, 0.29) is 6.03 Å². The van der Waals surface area contributed by atoms with Gasteiger partial charge in [-0.3, -0.25) is 4.68 Å². The summed E-state index contributed by atoms with van der Waals surface area (Å²) in [6.07, 6.45) is 8.99. The molecule has 0 aliphatic heterocycles. The standard InChI is InChI=1S/C16H28N4O2/c1-14-6-3-4-7-15(14)22-13-9-17-16(21)19(2)11-12-20-10-5-8-18-20/h5,8,10,14-15H,3-4,6-7,9,11-13H2,1-2H3,(H,17,21). The van der Waals surface area contributed by atoms with E-state index in [1.807, 2.05) is 16.9 Å². The Labute approximate surface area is 132 Å². The molecule has 6 heteroatoms. The fourth-order valence-electron chi connectivity index (χ4n) is 2.82. The van der Waals surface area contributed by atoms with Gasteiger partial charge in [-0.1, -0.05) is 19.8 Å². The van der Waals surface area contributed by atoms with Gasteiger partial charge in [0, 0.05) is 32.5 Å². The molecule has 0 bridgehead atoms. The van der Waals surface area contributed by atoms with Gasteiger partial charge in [0.15, 0.2) is 0 Å². The molecule has 1 aromatic rings. The highest BCUT2D eigenvalue weighted by atomic mass is 16.5. The number of ether oxygens (including phenoxy) is 1. The van der Waals surface area contributed by atoms with Crippen LogP contribution >= 0.6 is 0 Å². The molecule has 6 nitrogen and oxygen atoms in total. The normalized spacial score (nSPS) is 21.5. The van der Waals surface area contributed by atoms with Crippen molar-refractivity contribution in [2.45, 2.75) is 45.3 Å². The molecule has 1 saturated carbocycles. The molecule has 0 aromatic carbocycles. The zero-order valence-corrected chi connectivity index (χ0v) is 13.7. The number of rotatable bonds is 7. The van der Waals surface area contributed by atoms with E-state index >= 15 is 0 Å². The maximum absolute atomic E-state index is 11.9. The van der Waals surface area contributed by atoms with Crippen molar-refractivity contribution in [1.82, 2.24) is 20.0 Å². The summed E-state index contributed by atoms with van der Waals surface area (Å²) in [5, 5.41) is 7.02. The van der Waals surface area contributed by atoms with Gasteiger partial charge >= 0.3 is 6.03 Å². The summed E-state index contributed by atoms with van der Waals surface area (Å²) >= 11 is 0. The average Bonchev–Trinajstić information content (AvgIpc) is 3.04. The Morgan fingerprint density at radius 3 is 3.00 bits per heavy atom. The molecular weight excluding hydrogens is 280 g/mol. The predicted octanol–water partition coefficient (Wildman–Crippen LogP) is 2.12. The quantitative estimate of drug-likeness (QED) is 0.785. The Hall–Kier alpha value is -1.56. The van der Waals surface area contributed by atoms with Crippen LogP contribution in [0.4, 0.5) is 4.79 Å². The molecule has 2 unspecified atom stereocenters. The third-order valence-electron chi connectivity index (χ3n) is 4.31. The fraction of sp³-hybridized carbons (Fsp3) is 0.750. The summed E-state index contributed by atoms with van der Waals surface area (Å²) in [4.78, 5) is 13.6. The number of hydrogen-bond donors (Lipinski definition) is 1. The van der Waals surface area contributed by atoms with E-state index in [0.717, 1.165) is 6.42 Å². The topological polar surface area (TPSA) is 59.4 Å². The second kappa shape index (κ2) is 8.78. The highest BCUT2D eigenvalue weighted by Gasteiger charge is 2.21. The van der Waals surface area contributed by atoms with Gasteiger partial charge in [-0.25, -0.2) is 4.79 Å². The van der Waals surface area contributed by atoms with E-state index in [2.05, 4.69) is 17.3 Å². The number of amides is 2. The third kappa shape index (κ3) is 5.33. The molecule has 1 aliphatic rings. The number of carbonyl (C=O) groups is 1. The van der Waals surface area contributed by atoms with Crippen molar-refractivity contribution in [3.63, 3.8) is 0 Å². The summed E-state index contributed by atoms with van der Waals surface area (Å²) in [6.45, 7) is 4.74. The van der Waals surface area contributed by atoms with Crippen LogP contribution in [-0.2, 0) is 11.3 Å². The summed E-state index contributed by atoms with van der Waals surface area (Å²) in [7, 11) is 1.79. The lowest BCUT2D eigenvalue weighted by Gasteiger charge is -2.28. The molecule has 0 radical (unpaired) electrons. The number of urea groups is 1. The van der Waals surface area contributed by atoms with Gasteiger partial charge in [0.2, 0.25) is 0 Å². The van der Waals surface area contributed by atoms with Crippen LogP contribution < -0.4 is 5.32 Å². The van der Waals surface area contributed by atoms with E-state index in [4.69, 9.17) is 4.74 Å². The lowest BCUT2D eigenvalue weighted by molar-refractivity contribution is -0.00266. The molecule has 0 spiro atoms. The molecule has 1 aliphatic carbocycles. The van der Waals surface area contributed by atoms with Crippen molar-refractivity contribution in [2.24, 2.45) is 5.92 Å². The highest BCUT2D eigenvalue weighted by molar-refractivity contribution is 5.73. The van der Waals surface area contributed by atoms with Crippen LogP contribution in [0.15, 0.2) is 18.5 Å². The molecule has 2 atom stereocenters. The third-order valence-corrected chi connectivity index (χ3v) is 4.31. The first-order chi connectivity index (χ1) is 10.7. The predicted molar refractivity (Wildman–Crippen MR) is 85.6 cm³/mol. The van der Waals surface area contributed by atoms with Crippen molar-refractivity contribution >= 4 is 6.03 Å². The Morgan fingerprint density at radius 1 is 1.45 bits per heavy atom. The molecular formula is C16H28N4O2. The Bertz CT molecular complexity index is 435. The van der Waals surface area contributed by atoms with Gasteiger partial charge in [-0.05, 0) is 24.8 Å². The van der Waals surface area contributed by atoms with Crippen molar-refractivity contribution in [2.75, 3.05) is 26.7 Å². The fourth-order valence-corrected chi connectivity index (χ4v) is 2.82. The van der Waals surface area contributed by atoms with Crippen molar-refractivity contribution in [1.29, 1.82) is 0 Å². The van der Waals surface area contributed by atoms with E-state index in [0.29, 0.717) is 38.3 Å². The monoisotopic (exact) mass is 308 g/mol. The molecule has 1 heterocycles. The van der Waals surface area contributed by atoms with Crippen molar-refractivity contribution in [3.05, 3.63) is 18.5 Å². The number of aromatic nitrogens is 2. The molecule has 1 N–H and O–H groups in total. The summed E-state index contributed by atoms with van der Waals surface area (Å²) in [5.41, 5.74) is 0. The highest BCUT2D eigenvalue weighted by Crippen LogP contribution is 2.25. The van der Waals surface area contributed by atoms with Crippen LogP contribution in [0.3, 0.4) is 0 Å². The Kier molecular flexibility index (Phi) is 6.71. The first kappa shape index (κ1) is 16.8. The molecule has 2 amide bonds. The van der Waals surface area contributed by atoms with E-state index in [1.54, 1.807) is 18.1 Å². The number of nitrogens with zero attached hydrogens (tertiary/aromatic N) is 3. The van der Waals surface area contributed by atoms with E-state index < -0.39 is 0 Å². The largest absolute Gasteiger partial charge is 0.376 e.